The Morgan fingerprint density at radius 3 is 2.58 bits per heavy atom. The third-order valence-electron chi connectivity index (χ3n) is 3.72. The van der Waals surface area contributed by atoms with Crippen LogP contribution in [0.15, 0.2) is 36.2 Å². The molecule has 31 heavy (non-hydrogen) atoms. The molecule has 0 radical (unpaired) electrons. The molecule has 0 aliphatic carbocycles. The second kappa shape index (κ2) is 13.3. The SMILES string of the molecule is CN(CCCO)C(=O)/C=C(/NCOCCOc1cccc(OC(F)(F)F)c1)N(C)C=O. The molecule has 0 atom stereocenters. The van der Waals surface area contributed by atoms with E-state index in [4.69, 9.17) is 14.6 Å². The van der Waals surface area contributed by atoms with Gasteiger partial charge in [0.1, 0.15) is 30.7 Å². The first-order valence-electron chi connectivity index (χ1n) is 9.22. The molecule has 0 aliphatic heterocycles. The molecule has 1 aromatic rings. The number of nitrogens with zero attached hydrogens (tertiary/aromatic N) is 2. The van der Waals surface area contributed by atoms with E-state index in [9.17, 15) is 22.8 Å². The summed E-state index contributed by atoms with van der Waals surface area (Å²) in [6, 6.07) is 5.09. The molecule has 0 saturated carbocycles. The highest BCUT2D eigenvalue weighted by atomic mass is 19.4. The average molecular weight is 449 g/mol. The van der Waals surface area contributed by atoms with E-state index in [0.717, 1.165) is 17.0 Å². The van der Waals surface area contributed by atoms with Crippen molar-refractivity contribution in [1.29, 1.82) is 0 Å². The van der Waals surface area contributed by atoms with E-state index in [1.54, 1.807) is 7.05 Å². The van der Waals surface area contributed by atoms with Crippen LogP contribution in [0.1, 0.15) is 6.42 Å². The first-order valence-corrected chi connectivity index (χ1v) is 9.22. The van der Waals surface area contributed by atoms with Crippen LogP contribution in [0.2, 0.25) is 0 Å². The van der Waals surface area contributed by atoms with E-state index in [1.165, 1.54) is 30.2 Å². The molecule has 2 N–H and O–H groups in total. The minimum atomic E-state index is -4.79. The second-order valence-corrected chi connectivity index (χ2v) is 6.18. The van der Waals surface area contributed by atoms with Gasteiger partial charge in [0.2, 0.25) is 12.3 Å². The van der Waals surface area contributed by atoms with Gasteiger partial charge < -0.3 is 34.4 Å². The van der Waals surface area contributed by atoms with Gasteiger partial charge in [-0.15, -0.1) is 13.2 Å². The van der Waals surface area contributed by atoms with Crippen molar-refractivity contribution < 1.29 is 42.1 Å². The fourth-order valence-electron chi connectivity index (χ4n) is 2.16. The highest BCUT2D eigenvalue weighted by molar-refractivity contribution is 5.88. The van der Waals surface area contributed by atoms with Crippen LogP contribution in [0.4, 0.5) is 13.2 Å². The molecule has 12 heteroatoms. The van der Waals surface area contributed by atoms with Crippen LogP contribution in [0.5, 0.6) is 11.5 Å². The molecule has 0 aliphatic rings. The summed E-state index contributed by atoms with van der Waals surface area (Å²) < 4.78 is 51.1. The molecule has 1 aromatic carbocycles. The van der Waals surface area contributed by atoms with E-state index in [1.807, 2.05) is 0 Å². The standard InChI is InChI=1S/C19H26F3N3O6/c1-24(7-4-8-26)18(28)12-17(25(2)14-27)23-13-29-9-10-30-15-5-3-6-16(11-15)31-19(20,21)22/h3,5-6,11-12,14,23,26H,4,7-10,13H2,1-2H3/b17-12-. The minimum absolute atomic E-state index is 0.0442. The molecule has 0 fully saturated rings. The lowest BCUT2D eigenvalue weighted by Crippen LogP contribution is -2.33. The van der Waals surface area contributed by atoms with Crippen LogP contribution in [0.25, 0.3) is 0 Å². The Morgan fingerprint density at radius 2 is 1.94 bits per heavy atom. The monoisotopic (exact) mass is 449 g/mol. The third kappa shape index (κ3) is 11.1. The Balaban J connectivity index is 2.45. The molecule has 1 rings (SSSR count). The van der Waals surface area contributed by atoms with Crippen molar-refractivity contribution in [2.24, 2.45) is 0 Å². The molecule has 9 nitrogen and oxygen atoms in total. The number of nitrogens with one attached hydrogen (secondary N) is 1. The van der Waals surface area contributed by atoms with Gasteiger partial charge in [-0.3, -0.25) is 9.59 Å². The van der Waals surface area contributed by atoms with Gasteiger partial charge in [0.25, 0.3) is 0 Å². The lowest BCUT2D eigenvalue weighted by atomic mass is 10.3. The summed E-state index contributed by atoms with van der Waals surface area (Å²) in [6.07, 6.45) is -2.63. The predicted molar refractivity (Wildman–Crippen MR) is 104 cm³/mol. The number of aliphatic hydroxyl groups excluding tert-OH is 1. The Hall–Kier alpha value is -2.99. The summed E-state index contributed by atoms with van der Waals surface area (Å²) in [6.45, 7) is 0.379. The van der Waals surface area contributed by atoms with Gasteiger partial charge in [0.15, 0.2) is 0 Å². The Labute approximate surface area is 178 Å². The van der Waals surface area contributed by atoms with E-state index >= 15 is 0 Å². The molecule has 0 spiro atoms. The van der Waals surface area contributed by atoms with Crippen molar-refractivity contribution in [3.05, 3.63) is 36.2 Å². The zero-order valence-corrected chi connectivity index (χ0v) is 17.2. The average Bonchev–Trinajstić information content (AvgIpc) is 2.71. The van der Waals surface area contributed by atoms with Gasteiger partial charge in [-0.25, -0.2) is 0 Å². The van der Waals surface area contributed by atoms with Crippen molar-refractivity contribution in [3.63, 3.8) is 0 Å². The van der Waals surface area contributed by atoms with Crippen LogP contribution in [-0.2, 0) is 14.3 Å². The highest BCUT2D eigenvalue weighted by Gasteiger charge is 2.31. The van der Waals surface area contributed by atoms with Gasteiger partial charge in [-0.1, -0.05) is 6.07 Å². The number of alkyl halides is 3. The molecule has 0 saturated heterocycles. The molecular formula is C19H26F3N3O6. The number of likely N-dealkylation sites (N-methyl/N-ethyl adjacent to an activating group) is 1. The van der Waals surface area contributed by atoms with Crippen LogP contribution in [0.3, 0.4) is 0 Å². The fourth-order valence-corrected chi connectivity index (χ4v) is 2.16. The van der Waals surface area contributed by atoms with Crippen molar-refractivity contribution in [2.75, 3.05) is 47.2 Å². The fraction of sp³-hybridized carbons (Fsp3) is 0.474. The number of rotatable bonds is 14. The number of benzene rings is 1. The summed E-state index contributed by atoms with van der Waals surface area (Å²) in [5.41, 5.74) is 0. The lowest BCUT2D eigenvalue weighted by Gasteiger charge is -2.20. The molecule has 2 amide bonds. The molecule has 0 bridgehead atoms. The minimum Gasteiger partial charge on any atom is -0.491 e. The molecule has 0 aromatic heterocycles. The summed E-state index contributed by atoms with van der Waals surface area (Å²) in [5, 5.41) is 11.6. The zero-order chi connectivity index (χ0) is 23.3. The first-order chi connectivity index (χ1) is 14.7. The van der Waals surface area contributed by atoms with Gasteiger partial charge in [-0.2, -0.15) is 0 Å². The van der Waals surface area contributed by atoms with Crippen LogP contribution in [-0.4, -0.2) is 80.8 Å². The highest BCUT2D eigenvalue weighted by Crippen LogP contribution is 2.25. The van der Waals surface area contributed by atoms with E-state index < -0.39 is 12.1 Å². The summed E-state index contributed by atoms with van der Waals surface area (Å²) in [5.74, 6) is -0.383. The normalized spacial score (nSPS) is 11.6. The second-order valence-electron chi connectivity index (χ2n) is 6.18. The van der Waals surface area contributed by atoms with Gasteiger partial charge in [0.05, 0.1) is 6.61 Å². The number of hydrogen-bond acceptors (Lipinski definition) is 7. The van der Waals surface area contributed by atoms with Crippen molar-refractivity contribution in [2.45, 2.75) is 12.8 Å². The molecule has 0 heterocycles. The molecular weight excluding hydrogens is 423 g/mol. The smallest absolute Gasteiger partial charge is 0.491 e. The van der Waals surface area contributed by atoms with Crippen molar-refractivity contribution in [1.82, 2.24) is 15.1 Å². The number of aliphatic hydroxyl groups is 1. The van der Waals surface area contributed by atoms with Gasteiger partial charge in [-0.05, 0) is 18.6 Å². The maximum atomic E-state index is 12.2. The summed E-state index contributed by atoms with van der Waals surface area (Å²) >= 11 is 0. The van der Waals surface area contributed by atoms with Gasteiger partial charge >= 0.3 is 6.36 Å². The lowest BCUT2D eigenvalue weighted by molar-refractivity contribution is -0.274. The van der Waals surface area contributed by atoms with Crippen LogP contribution >= 0.6 is 0 Å². The Bertz CT molecular complexity index is 730. The van der Waals surface area contributed by atoms with Gasteiger partial charge in [0, 0.05) is 39.4 Å². The number of halogens is 3. The summed E-state index contributed by atoms with van der Waals surface area (Å²) in [4.78, 5) is 25.7. The van der Waals surface area contributed by atoms with Crippen LogP contribution < -0.4 is 14.8 Å². The first kappa shape index (κ1) is 26.0. The summed E-state index contributed by atoms with van der Waals surface area (Å²) in [7, 11) is 3.02. The van der Waals surface area contributed by atoms with E-state index in [2.05, 4.69) is 10.1 Å². The van der Waals surface area contributed by atoms with Crippen molar-refractivity contribution in [3.8, 4) is 11.5 Å². The number of hydrogen-bond donors (Lipinski definition) is 2. The molecule has 174 valence electrons. The number of carbonyl (C=O) groups is 2. The maximum absolute atomic E-state index is 12.2. The quantitative estimate of drug-likeness (QED) is 0.191. The zero-order valence-electron chi connectivity index (χ0n) is 17.2. The number of ether oxygens (including phenoxy) is 3. The Morgan fingerprint density at radius 1 is 1.23 bits per heavy atom. The third-order valence-corrected chi connectivity index (χ3v) is 3.72. The largest absolute Gasteiger partial charge is 0.573 e. The Kier molecular flexibility index (Phi) is 11.2. The predicted octanol–water partition coefficient (Wildman–Crippen LogP) is 1.30. The topological polar surface area (TPSA) is 101 Å². The van der Waals surface area contributed by atoms with E-state index in [0.29, 0.717) is 19.4 Å². The molecule has 0 unspecified atom stereocenters. The number of amides is 2. The van der Waals surface area contributed by atoms with Crippen molar-refractivity contribution >= 4 is 12.3 Å². The number of carbonyl (C=O) groups excluding carboxylic acids is 2. The maximum Gasteiger partial charge on any atom is 0.573 e. The van der Waals surface area contributed by atoms with Crippen LogP contribution in [0, 0.1) is 0 Å². The van der Waals surface area contributed by atoms with E-state index in [-0.39, 0.29) is 44.0 Å².